The monoisotopic (exact) mass is 247 g/mol. The smallest absolute Gasteiger partial charge is 0.226 e. The average Bonchev–Trinajstić information content (AvgIpc) is 3.01. The first-order valence-corrected chi connectivity index (χ1v) is 6.15. The highest BCUT2D eigenvalue weighted by molar-refractivity contribution is 5.78. The number of hydrogen-bond donors (Lipinski definition) is 0. The first kappa shape index (κ1) is 11.5. The second kappa shape index (κ2) is 5.36. The Morgan fingerprint density at radius 3 is 2.42 bits per heavy atom. The molecule has 1 aromatic heterocycles. The standard InChI is InChI=1S/C17H13NO/c1-2-6-14(7-3-1)10-11-15-8-4-5-9-16(15)17-18-12-13-19-17/h1-13H/b11-10+. The second-order valence-electron chi connectivity index (χ2n) is 4.17. The predicted octanol–water partition coefficient (Wildman–Crippen LogP) is 4.51. The van der Waals surface area contributed by atoms with Gasteiger partial charge in [0.1, 0.15) is 6.26 Å². The molecule has 0 unspecified atom stereocenters. The Morgan fingerprint density at radius 2 is 1.63 bits per heavy atom. The fourth-order valence-corrected chi connectivity index (χ4v) is 1.94. The molecule has 0 spiro atoms. The van der Waals surface area contributed by atoms with Crippen LogP contribution in [0.25, 0.3) is 23.6 Å². The molecule has 0 fully saturated rings. The summed E-state index contributed by atoms with van der Waals surface area (Å²) in [5.41, 5.74) is 3.26. The van der Waals surface area contributed by atoms with E-state index in [-0.39, 0.29) is 0 Å². The quantitative estimate of drug-likeness (QED) is 0.636. The van der Waals surface area contributed by atoms with Gasteiger partial charge in [0, 0.05) is 5.56 Å². The largest absolute Gasteiger partial charge is 0.445 e. The lowest BCUT2D eigenvalue weighted by Gasteiger charge is -2.01. The Balaban J connectivity index is 1.96. The van der Waals surface area contributed by atoms with E-state index >= 15 is 0 Å². The molecule has 92 valence electrons. The summed E-state index contributed by atoms with van der Waals surface area (Å²) in [5, 5.41) is 0. The fraction of sp³-hybridized carbons (Fsp3) is 0. The first-order valence-electron chi connectivity index (χ1n) is 6.15. The number of hydrogen-bond acceptors (Lipinski definition) is 2. The van der Waals surface area contributed by atoms with Crippen molar-refractivity contribution >= 4 is 12.2 Å². The third-order valence-corrected chi connectivity index (χ3v) is 2.88. The van der Waals surface area contributed by atoms with Crippen molar-refractivity contribution in [3.05, 3.63) is 78.2 Å². The van der Waals surface area contributed by atoms with Gasteiger partial charge in [0.25, 0.3) is 0 Å². The van der Waals surface area contributed by atoms with E-state index in [0.29, 0.717) is 5.89 Å². The van der Waals surface area contributed by atoms with Crippen LogP contribution in [0.2, 0.25) is 0 Å². The summed E-state index contributed by atoms with van der Waals surface area (Å²) in [6.07, 6.45) is 7.41. The fourth-order valence-electron chi connectivity index (χ4n) is 1.94. The molecule has 0 N–H and O–H groups in total. The molecule has 0 amide bonds. The first-order chi connectivity index (χ1) is 9.43. The van der Waals surface area contributed by atoms with Crippen molar-refractivity contribution < 1.29 is 4.42 Å². The molecule has 0 atom stereocenters. The molecular formula is C17H13NO. The van der Waals surface area contributed by atoms with E-state index in [9.17, 15) is 0 Å². The van der Waals surface area contributed by atoms with Crippen molar-refractivity contribution in [2.45, 2.75) is 0 Å². The maximum atomic E-state index is 5.37. The number of oxazole rings is 1. The lowest BCUT2D eigenvalue weighted by Crippen LogP contribution is -1.82. The number of aromatic nitrogens is 1. The van der Waals surface area contributed by atoms with Gasteiger partial charge in [0.2, 0.25) is 5.89 Å². The molecule has 2 nitrogen and oxygen atoms in total. The van der Waals surface area contributed by atoms with Crippen LogP contribution >= 0.6 is 0 Å². The van der Waals surface area contributed by atoms with Gasteiger partial charge in [-0.2, -0.15) is 0 Å². The summed E-state index contributed by atoms with van der Waals surface area (Å²) in [4.78, 5) is 4.20. The van der Waals surface area contributed by atoms with Crippen LogP contribution in [-0.4, -0.2) is 4.98 Å². The molecule has 3 aromatic rings. The van der Waals surface area contributed by atoms with Gasteiger partial charge in [-0.3, -0.25) is 0 Å². The van der Waals surface area contributed by atoms with Crippen LogP contribution in [-0.2, 0) is 0 Å². The molecule has 0 saturated heterocycles. The summed E-state index contributed by atoms with van der Waals surface area (Å²) in [6, 6.07) is 18.3. The van der Waals surface area contributed by atoms with Crippen LogP contribution in [0.15, 0.2) is 71.5 Å². The number of rotatable bonds is 3. The molecule has 0 aliphatic heterocycles. The zero-order valence-corrected chi connectivity index (χ0v) is 10.4. The van der Waals surface area contributed by atoms with Crippen LogP contribution in [0, 0.1) is 0 Å². The highest BCUT2D eigenvalue weighted by atomic mass is 16.3. The van der Waals surface area contributed by atoms with Gasteiger partial charge in [0.15, 0.2) is 0 Å². The highest BCUT2D eigenvalue weighted by Gasteiger charge is 2.05. The van der Waals surface area contributed by atoms with Gasteiger partial charge in [-0.25, -0.2) is 4.98 Å². The summed E-state index contributed by atoms with van der Waals surface area (Å²) < 4.78 is 5.37. The van der Waals surface area contributed by atoms with E-state index in [1.165, 1.54) is 5.56 Å². The van der Waals surface area contributed by atoms with Crippen LogP contribution in [0.4, 0.5) is 0 Å². The van der Waals surface area contributed by atoms with E-state index < -0.39 is 0 Å². The van der Waals surface area contributed by atoms with Crippen molar-refractivity contribution in [3.63, 3.8) is 0 Å². The van der Waals surface area contributed by atoms with Gasteiger partial charge in [-0.05, 0) is 17.2 Å². The molecule has 1 heterocycles. The van der Waals surface area contributed by atoms with E-state index in [4.69, 9.17) is 4.42 Å². The highest BCUT2D eigenvalue weighted by Crippen LogP contribution is 2.23. The van der Waals surface area contributed by atoms with E-state index in [1.54, 1.807) is 12.5 Å². The van der Waals surface area contributed by atoms with Crippen molar-refractivity contribution in [1.29, 1.82) is 0 Å². The SMILES string of the molecule is C(=C\c1ccccc1-c1ncco1)/c1ccccc1. The number of nitrogens with zero attached hydrogens (tertiary/aromatic N) is 1. The molecule has 0 aliphatic rings. The Kier molecular flexibility index (Phi) is 3.24. The zero-order valence-electron chi connectivity index (χ0n) is 10.4. The van der Waals surface area contributed by atoms with E-state index in [1.807, 2.05) is 36.4 Å². The van der Waals surface area contributed by atoms with Crippen LogP contribution in [0.5, 0.6) is 0 Å². The van der Waals surface area contributed by atoms with Crippen molar-refractivity contribution in [3.8, 4) is 11.5 Å². The third-order valence-electron chi connectivity index (χ3n) is 2.88. The summed E-state index contributed by atoms with van der Waals surface area (Å²) >= 11 is 0. The lowest BCUT2D eigenvalue weighted by atomic mass is 10.1. The molecule has 0 bridgehead atoms. The van der Waals surface area contributed by atoms with Gasteiger partial charge in [-0.15, -0.1) is 0 Å². The topological polar surface area (TPSA) is 26.0 Å². The molecule has 0 radical (unpaired) electrons. The molecule has 0 aliphatic carbocycles. The minimum Gasteiger partial charge on any atom is -0.445 e. The van der Waals surface area contributed by atoms with Gasteiger partial charge >= 0.3 is 0 Å². The van der Waals surface area contributed by atoms with Gasteiger partial charge < -0.3 is 4.42 Å². The molecule has 0 saturated carbocycles. The minimum atomic E-state index is 0.647. The predicted molar refractivity (Wildman–Crippen MR) is 77.3 cm³/mol. The minimum absolute atomic E-state index is 0.647. The second-order valence-corrected chi connectivity index (χ2v) is 4.17. The van der Waals surface area contributed by atoms with E-state index in [0.717, 1.165) is 11.1 Å². The Labute approximate surface area is 112 Å². The van der Waals surface area contributed by atoms with Gasteiger partial charge in [-0.1, -0.05) is 60.7 Å². The number of benzene rings is 2. The van der Waals surface area contributed by atoms with Crippen molar-refractivity contribution in [1.82, 2.24) is 4.98 Å². The summed E-state index contributed by atoms with van der Waals surface area (Å²) in [5.74, 6) is 0.647. The normalized spacial score (nSPS) is 10.9. The van der Waals surface area contributed by atoms with Crippen molar-refractivity contribution in [2.24, 2.45) is 0 Å². The van der Waals surface area contributed by atoms with E-state index in [2.05, 4.69) is 35.3 Å². The summed E-state index contributed by atoms with van der Waals surface area (Å²) in [7, 11) is 0. The molecule has 3 rings (SSSR count). The molecule has 2 heteroatoms. The maximum Gasteiger partial charge on any atom is 0.226 e. The van der Waals surface area contributed by atoms with Crippen LogP contribution in [0.3, 0.4) is 0 Å². The van der Waals surface area contributed by atoms with Gasteiger partial charge in [0.05, 0.1) is 6.20 Å². The zero-order chi connectivity index (χ0) is 12.9. The molecule has 2 aromatic carbocycles. The van der Waals surface area contributed by atoms with Crippen LogP contribution in [0.1, 0.15) is 11.1 Å². The van der Waals surface area contributed by atoms with Crippen molar-refractivity contribution in [2.75, 3.05) is 0 Å². The van der Waals surface area contributed by atoms with Crippen LogP contribution < -0.4 is 0 Å². The Morgan fingerprint density at radius 1 is 0.842 bits per heavy atom. The molecule has 19 heavy (non-hydrogen) atoms. The lowest BCUT2D eigenvalue weighted by molar-refractivity contribution is 0.574. The maximum absolute atomic E-state index is 5.37. The average molecular weight is 247 g/mol. The Hall–Kier alpha value is -2.61. The third kappa shape index (κ3) is 2.63. The Bertz CT molecular complexity index is 670. The summed E-state index contributed by atoms with van der Waals surface area (Å²) in [6.45, 7) is 0. The molecular weight excluding hydrogens is 234 g/mol.